The SMILES string of the molecule is Cc1cc(C[C@@H]2CN(C(=O)OC(C)(C)C)C[C@@H]2OCCCCC(F)(F)c2cccc(F)c2)nc(N(Cc2ccccc2)C(=O)OC(C)(C)C)c1. The first-order chi connectivity index (χ1) is 23.4. The number of carbonyl (C=O) groups excluding carboxylic acids is 2. The first-order valence-electron chi connectivity index (χ1n) is 17.1. The number of nitrogens with zero attached hydrogens (tertiary/aromatic N) is 3. The molecular weight excluding hydrogens is 647 g/mol. The molecule has 2 heterocycles. The van der Waals surface area contributed by atoms with Crippen LogP contribution in [0.1, 0.15) is 83.2 Å². The van der Waals surface area contributed by atoms with Crippen LogP contribution in [0.25, 0.3) is 0 Å². The number of hydrogen-bond acceptors (Lipinski definition) is 6. The fraction of sp³-hybridized carbons (Fsp3) is 0.513. The van der Waals surface area contributed by atoms with E-state index in [1.807, 2.05) is 70.2 Å². The van der Waals surface area contributed by atoms with Gasteiger partial charge in [0.1, 0.15) is 22.8 Å². The molecule has 272 valence electrons. The number of aromatic nitrogens is 1. The molecule has 1 aliphatic heterocycles. The van der Waals surface area contributed by atoms with Crippen LogP contribution < -0.4 is 4.90 Å². The average Bonchev–Trinajstić information content (AvgIpc) is 3.40. The number of benzene rings is 2. The lowest BCUT2D eigenvalue weighted by Gasteiger charge is -2.27. The number of hydrogen-bond donors (Lipinski definition) is 0. The average molecular weight is 698 g/mol. The summed E-state index contributed by atoms with van der Waals surface area (Å²) in [7, 11) is 0. The van der Waals surface area contributed by atoms with Crippen molar-refractivity contribution in [3.05, 3.63) is 94.9 Å². The second-order valence-corrected chi connectivity index (χ2v) is 15.0. The Balaban J connectivity index is 1.50. The molecule has 0 unspecified atom stereocenters. The Bertz CT molecular complexity index is 1590. The van der Waals surface area contributed by atoms with E-state index in [0.29, 0.717) is 30.9 Å². The standard InChI is InChI=1S/C39H50F3N3O5/c1-27-20-32(43-34(21-27)45(36(47)50-38(5,6)7)24-28-14-9-8-10-15-28)22-29-25-44(35(46)49-37(2,3)4)26-33(29)48-19-12-11-18-39(41,42)30-16-13-17-31(40)23-30/h8-10,13-17,20-21,23,29,33H,11-12,18-19,22,24-26H2,1-7H3/t29-,33+/m1/s1. The zero-order chi connectivity index (χ0) is 36.7. The lowest BCUT2D eigenvalue weighted by Crippen LogP contribution is -2.37. The third-order valence-electron chi connectivity index (χ3n) is 8.05. The molecule has 0 N–H and O–H groups in total. The van der Waals surface area contributed by atoms with E-state index in [9.17, 15) is 22.8 Å². The highest BCUT2D eigenvalue weighted by atomic mass is 19.3. The molecule has 0 bridgehead atoms. The molecular formula is C39H50F3N3O5. The summed E-state index contributed by atoms with van der Waals surface area (Å²) in [4.78, 5) is 34.6. The molecule has 1 saturated heterocycles. The molecule has 0 radical (unpaired) electrons. The Morgan fingerprint density at radius 3 is 2.26 bits per heavy atom. The van der Waals surface area contributed by atoms with Crippen molar-refractivity contribution in [2.45, 2.75) is 104 Å². The minimum atomic E-state index is -3.16. The zero-order valence-electron chi connectivity index (χ0n) is 30.2. The van der Waals surface area contributed by atoms with E-state index < -0.39 is 47.7 Å². The van der Waals surface area contributed by atoms with Crippen molar-refractivity contribution < 1.29 is 37.0 Å². The van der Waals surface area contributed by atoms with E-state index in [1.165, 1.54) is 17.0 Å². The lowest BCUT2D eigenvalue weighted by atomic mass is 9.98. The maximum atomic E-state index is 14.7. The van der Waals surface area contributed by atoms with Gasteiger partial charge in [-0.3, -0.25) is 4.90 Å². The zero-order valence-corrected chi connectivity index (χ0v) is 30.2. The van der Waals surface area contributed by atoms with Crippen LogP contribution in [0.5, 0.6) is 0 Å². The Morgan fingerprint density at radius 2 is 1.60 bits per heavy atom. The summed E-state index contributed by atoms with van der Waals surface area (Å²) in [5.41, 5.74) is 0.768. The number of alkyl halides is 2. The van der Waals surface area contributed by atoms with Gasteiger partial charge in [0.05, 0.1) is 19.2 Å². The number of halogens is 3. The van der Waals surface area contributed by atoms with Crippen molar-refractivity contribution in [2.75, 3.05) is 24.6 Å². The maximum Gasteiger partial charge on any atom is 0.416 e. The van der Waals surface area contributed by atoms with Gasteiger partial charge in [0.2, 0.25) is 0 Å². The van der Waals surface area contributed by atoms with Crippen molar-refractivity contribution in [2.24, 2.45) is 5.92 Å². The largest absolute Gasteiger partial charge is 0.444 e. The predicted molar refractivity (Wildman–Crippen MR) is 187 cm³/mol. The molecule has 0 saturated carbocycles. The molecule has 4 rings (SSSR count). The van der Waals surface area contributed by atoms with Gasteiger partial charge in [0.15, 0.2) is 0 Å². The monoisotopic (exact) mass is 697 g/mol. The lowest BCUT2D eigenvalue weighted by molar-refractivity contribution is -0.0210. The van der Waals surface area contributed by atoms with Crippen molar-refractivity contribution in [3.8, 4) is 0 Å². The highest BCUT2D eigenvalue weighted by Crippen LogP contribution is 2.34. The predicted octanol–water partition coefficient (Wildman–Crippen LogP) is 9.23. The summed E-state index contributed by atoms with van der Waals surface area (Å²) in [5.74, 6) is -3.59. The van der Waals surface area contributed by atoms with Crippen molar-refractivity contribution in [1.82, 2.24) is 9.88 Å². The molecule has 1 aromatic heterocycles. The fourth-order valence-electron chi connectivity index (χ4n) is 5.80. The summed E-state index contributed by atoms with van der Waals surface area (Å²) in [5, 5.41) is 0. The van der Waals surface area contributed by atoms with Gasteiger partial charge in [0.25, 0.3) is 5.92 Å². The van der Waals surface area contributed by atoms with E-state index in [-0.39, 0.29) is 37.6 Å². The van der Waals surface area contributed by atoms with Gasteiger partial charge < -0.3 is 19.1 Å². The van der Waals surface area contributed by atoms with Gasteiger partial charge in [-0.1, -0.05) is 42.5 Å². The van der Waals surface area contributed by atoms with Crippen molar-refractivity contribution >= 4 is 18.0 Å². The summed E-state index contributed by atoms with van der Waals surface area (Å²) in [6, 6.07) is 17.9. The van der Waals surface area contributed by atoms with Gasteiger partial charge in [0, 0.05) is 36.7 Å². The number of ether oxygens (including phenoxy) is 3. The summed E-state index contributed by atoms with van der Waals surface area (Å²) < 4.78 is 60.6. The van der Waals surface area contributed by atoms with Crippen LogP contribution in [-0.4, -0.2) is 59.1 Å². The number of amides is 2. The number of likely N-dealkylation sites (tertiary alicyclic amines) is 1. The summed E-state index contributed by atoms with van der Waals surface area (Å²) in [6.45, 7) is 13.9. The Labute approximate surface area is 293 Å². The number of anilines is 1. The molecule has 2 aromatic carbocycles. The van der Waals surface area contributed by atoms with Gasteiger partial charge in [-0.05, 0) is 103 Å². The van der Waals surface area contributed by atoms with Gasteiger partial charge in [-0.15, -0.1) is 0 Å². The topological polar surface area (TPSA) is 81.2 Å². The van der Waals surface area contributed by atoms with Crippen LogP contribution in [0, 0.1) is 18.7 Å². The molecule has 1 fully saturated rings. The van der Waals surface area contributed by atoms with E-state index in [1.54, 1.807) is 25.7 Å². The molecule has 2 amide bonds. The van der Waals surface area contributed by atoms with Crippen LogP contribution in [0.3, 0.4) is 0 Å². The van der Waals surface area contributed by atoms with E-state index >= 15 is 0 Å². The Morgan fingerprint density at radius 1 is 0.900 bits per heavy atom. The molecule has 0 spiro atoms. The van der Waals surface area contributed by atoms with Crippen LogP contribution >= 0.6 is 0 Å². The summed E-state index contributed by atoms with van der Waals surface area (Å²) >= 11 is 0. The molecule has 3 aromatic rings. The third-order valence-corrected chi connectivity index (χ3v) is 8.05. The number of unbranched alkanes of at least 4 members (excludes halogenated alkanes) is 1. The second-order valence-electron chi connectivity index (χ2n) is 15.0. The van der Waals surface area contributed by atoms with E-state index in [2.05, 4.69) is 0 Å². The third kappa shape index (κ3) is 11.7. The van der Waals surface area contributed by atoms with E-state index in [0.717, 1.165) is 23.3 Å². The minimum Gasteiger partial charge on any atom is -0.444 e. The number of rotatable bonds is 12. The molecule has 8 nitrogen and oxygen atoms in total. The first-order valence-corrected chi connectivity index (χ1v) is 17.1. The summed E-state index contributed by atoms with van der Waals surface area (Å²) in [6.07, 6.45) is -0.858. The Kier molecular flexibility index (Phi) is 12.6. The molecule has 11 heteroatoms. The maximum absolute atomic E-state index is 14.7. The van der Waals surface area contributed by atoms with Crippen molar-refractivity contribution in [3.63, 3.8) is 0 Å². The quantitative estimate of drug-likeness (QED) is 0.176. The number of pyridine rings is 1. The van der Waals surface area contributed by atoms with Crippen LogP contribution in [-0.2, 0) is 33.1 Å². The molecule has 0 aliphatic carbocycles. The van der Waals surface area contributed by atoms with Gasteiger partial charge in [-0.25, -0.2) is 27.7 Å². The number of carbonyl (C=O) groups is 2. The molecule has 1 aliphatic rings. The molecule has 50 heavy (non-hydrogen) atoms. The van der Waals surface area contributed by atoms with Crippen LogP contribution in [0.2, 0.25) is 0 Å². The number of aryl methyl sites for hydroxylation is 1. The first kappa shape index (κ1) is 38.7. The van der Waals surface area contributed by atoms with E-state index in [4.69, 9.17) is 19.2 Å². The van der Waals surface area contributed by atoms with Crippen molar-refractivity contribution in [1.29, 1.82) is 0 Å². The second kappa shape index (κ2) is 16.3. The van der Waals surface area contributed by atoms with Crippen LogP contribution in [0.15, 0.2) is 66.7 Å². The van der Waals surface area contributed by atoms with Crippen LogP contribution in [0.4, 0.5) is 28.6 Å². The Hall–Kier alpha value is -4.12. The molecule has 2 atom stereocenters. The minimum absolute atomic E-state index is 0.168. The smallest absolute Gasteiger partial charge is 0.416 e. The highest BCUT2D eigenvalue weighted by molar-refractivity contribution is 5.86. The van der Waals surface area contributed by atoms with Gasteiger partial charge >= 0.3 is 12.2 Å². The van der Waals surface area contributed by atoms with Gasteiger partial charge in [-0.2, -0.15) is 0 Å². The highest BCUT2D eigenvalue weighted by Gasteiger charge is 2.38. The normalized spacial score (nSPS) is 16.7. The fourth-order valence-corrected chi connectivity index (χ4v) is 5.80.